The summed E-state index contributed by atoms with van der Waals surface area (Å²) >= 11 is 0. The van der Waals surface area contributed by atoms with Crippen LogP contribution in [0, 0.1) is 11.8 Å². The first kappa shape index (κ1) is 18.0. The van der Waals surface area contributed by atoms with E-state index in [4.69, 9.17) is 9.47 Å². The van der Waals surface area contributed by atoms with Crippen molar-refractivity contribution in [2.75, 3.05) is 45.7 Å². The SMILES string of the molecule is COc1ccc(NC(=O)C2CC2C(=O)N2CCN(C=O)CC2)cc1OC. The van der Waals surface area contributed by atoms with E-state index in [1.807, 2.05) is 0 Å². The van der Waals surface area contributed by atoms with Crippen molar-refractivity contribution in [2.45, 2.75) is 6.42 Å². The Balaban J connectivity index is 1.54. The van der Waals surface area contributed by atoms with E-state index in [9.17, 15) is 14.4 Å². The van der Waals surface area contributed by atoms with Crippen molar-refractivity contribution in [1.29, 1.82) is 0 Å². The average molecular weight is 361 g/mol. The molecule has 1 heterocycles. The molecule has 140 valence electrons. The molecule has 2 unspecified atom stereocenters. The second kappa shape index (κ2) is 7.63. The van der Waals surface area contributed by atoms with E-state index in [1.165, 1.54) is 7.11 Å². The van der Waals surface area contributed by atoms with Crippen LogP contribution >= 0.6 is 0 Å². The number of anilines is 1. The Morgan fingerprint density at radius 2 is 1.77 bits per heavy atom. The van der Waals surface area contributed by atoms with E-state index in [0.29, 0.717) is 49.8 Å². The summed E-state index contributed by atoms with van der Waals surface area (Å²) in [4.78, 5) is 39.1. The van der Waals surface area contributed by atoms with Gasteiger partial charge in [0.15, 0.2) is 11.5 Å². The lowest BCUT2D eigenvalue weighted by Crippen LogP contribution is -2.48. The van der Waals surface area contributed by atoms with Crippen molar-refractivity contribution in [2.24, 2.45) is 11.8 Å². The Bertz CT molecular complexity index is 700. The Kier molecular flexibility index (Phi) is 5.29. The largest absolute Gasteiger partial charge is 0.493 e. The zero-order valence-corrected chi connectivity index (χ0v) is 14.9. The van der Waals surface area contributed by atoms with E-state index in [-0.39, 0.29) is 23.7 Å². The summed E-state index contributed by atoms with van der Waals surface area (Å²) in [5.41, 5.74) is 0.602. The number of piperazine rings is 1. The fourth-order valence-corrected chi connectivity index (χ4v) is 3.19. The van der Waals surface area contributed by atoms with E-state index in [0.717, 1.165) is 6.41 Å². The second-order valence-electron chi connectivity index (χ2n) is 6.47. The predicted octanol–water partition coefficient (Wildman–Crippen LogP) is 0.579. The van der Waals surface area contributed by atoms with Crippen LogP contribution in [0.15, 0.2) is 18.2 Å². The highest BCUT2D eigenvalue weighted by Crippen LogP contribution is 2.41. The van der Waals surface area contributed by atoms with Gasteiger partial charge in [0.25, 0.3) is 0 Å². The van der Waals surface area contributed by atoms with Crippen LogP contribution in [0.1, 0.15) is 6.42 Å². The summed E-state index contributed by atoms with van der Waals surface area (Å²) in [6.07, 6.45) is 1.37. The molecule has 1 saturated heterocycles. The number of nitrogens with zero attached hydrogens (tertiary/aromatic N) is 2. The molecular formula is C18H23N3O5. The summed E-state index contributed by atoms with van der Waals surface area (Å²) in [7, 11) is 3.08. The van der Waals surface area contributed by atoms with Crippen molar-refractivity contribution >= 4 is 23.9 Å². The maximum Gasteiger partial charge on any atom is 0.228 e. The summed E-state index contributed by atoms with van der Waals surface area (Å²) in [5.74, 6) is 0.379. The monoisotopic (exact) mass is 361 g/mol. The first-order valence-electron chi connectivity index (χ1n) is 8.58. The molecule has 2 aliphatic rings. The molecule has 2 fully saturated rings. The molecule has 0 radical (unpaired) electrons. The van der Waals surface area contributed by atoms with Gasteiger partial charge in [0.05, 0.1) is 26.1 Å². The summed E-state index contributed by atoms with van der Waals surface area (Å²) in [6, 6.07) is 5.14. The number of carbonyl (C=O) groups excluding carboxylic acids is 3. The minimum Gasteiger partial charge on any atom is -0.493 e. The summed E-state index contributed by atoms with van der Waals surface area (Å²) < 4.78 is 10.4. The normalized spacial score (nSPS) is 21.8. The quantitative estimate of drug-likeness (QED) is 0.749. The van der Waals surface area contributed by atoms with Gasteiger partial charge in [-0.2, -0.15) is 0 Å². The first-order valence-corrected chi connectivity index (χ1v) is 8.58. The van der Waals surface area contributed by atoms with Gasteiger partial charge in [0, 0.05) is 37.9 Å². The summed E-state index contributed by atoms with van der Waals surface area (Å²) in [5, 5.41) is 2.83. The number of benzene rings is 1. The van der Waals surface area contributed by atoms with E-state index in [1.54, 1.807) is 35.1 Å². The van der Waals surface area contributed by atoms with E-state index in [2.05, 4.69) is 5.32 Å². The average Bonchev–Trinajstić information content (AvgIpc) is 3.48. The number of ether oxygens (including phenoxy) is 2. The number of rotatable bonds is 6. The number of carbonyl (C=O) groups is 3. The van der Waals surface area contributed by atoms with Gasteiger partial charge in [-0.3, -0.25) is 14.4 Å². The fraction of sp³-hybridized carbons (Fsp3) is 0.500. The number of amides is 3. The molecule has 1 aromatic rings. The van der Waals surface area contributed by atoms with Gasteiger partial charge in [-0.1, -0.05) is 0 Å². The Labute approximate surface area is 152 Å². The van der Waals surface area contributed by atoms with Gasteiger partial charge in [0.2, 0.25) is 18.2 Å². The lowest BCUT2D eigenvalue weighted by molar-refractivity contribution is -0.137. The van der Waals surface area contributed by atoms with Crippen LogP contribution in [-0.4, -0.2) is 68.4 Å². The lowest BCUT2D eigenvalue weighted by Gasteiger charge is -2.32. The Morgan fingerprint density at radius 3 is 2.38 bits per heavy atom. The highest BCUT2D eigenvalue weighted by molar-refractivity contribution is 5.99. The first-order chi connectivity index (χ1) is 12.6. The molecule has 0 spiro atoms. The highest BCUT2D eigenvalue weighted by atomic mass is 16.5. The van der Waals surface area contributed by atoms with Crippen LogP contribution in [-0.2, 0) is 14.4 Å². The van der Waals surface area contributed by atoms with Gasteiger partial charge in [-0.15, -0.1) is 0 Å². The third kappa shape index (κ3) is 3.74. The maximum atomic E-state index is 12.5. The molecule has 3 amide bonds. The minimum atomic E-state index is -0.306. The molecule has 8 heteroatoms. The van der Waals surface area contributed by atoms with Crippen molar-refractivity contribution in [3.8, 4) is 11.5 Å². The van der Waals surface area contributed by atoms with Crippen molar-refractivity contribution in [3.63, 3.8) is 0 Å². The minimum absolute atomic E-state index is 0.00279. The zero-order chi connectivity index (χ0) is 18.7. The van der Waals surface area contributed by atoms with Gasteiger partial charge < -0.3 is 24.6 Å². The fourth-order valence-electron chi connectivity index (χ4n) is 3.19. The number of hydrogen-bond donors (Lipinski definition) is 1. The van der Waals surface area contributed by atoms with Crippen LogP contribution in [0.3, 0.4) is 0 Å². The van der Waals surface area contributed by atoms with Crippen molar-refractivity contribution in [1.82, 2.24) is 9.80 Å². The molecule has 3 rings (SSSR count). The zero-order valence-electron chi connectivity index (χ0n) is 14.9. The molecule has 0 bridgehead atoms. The number of methoxy groups -OCH3 is 2. The van der Waals surface area contributed by atoms with Crippen molar-refractivity contribution in [3.05, 3.63) is 18.2 Å². The van der Waals surface area contributed by atoms with Gasteiger partial charge in [-0.25, -0.2) is 0 Å². The number of nitrogens with one attached hydrogen (secondary N) is 1. The highest BCUT2D eigenvalue weighted by Gasteiger charge is 2.49. The van der Waals surface area contributed by atoms with Crippen LogP contribution in [0.4, 0.5) is 5.69 Å². The van der Waals surface area contributed by atoms with Crippen LogP contribution in [0.2, 0.25) is 0 Å². The Hall–Kier alpha value is -2.77. The molecule has 1 aliphatic carbocycles. The molecule has 2 atom stereocenters. The topological polar surface area (TPSA) is 88.2 Å². The van der Waals surface area contributed by atoms with Crippen LogP contribution < -0.4 is 14.8 Å². The lowest BCUT2D eigenvalue weighted by atomic mass is 10.2. The third-order valence-corrected chi connectivity index (χ3v) is 4.87. The smallest absolute Gasteiger partial charge is 0.228 e. The van der Waals surface area contributed by atoms with E-state index < -0.39 is 0 Å². The number of hydrogen-bond acceptors (Lipinski definition) is 5. The van der Waals surface area contributed by atoms with Crippen LogP contribution in [0.25, 0.3) is 0 Å². The molecule has 8 nitrogen and oxygen atoms in total. The van der Waals surface area contributed by atoms with Gasteiger partial charge >= 0.3 is 0 Å². The van der Waals surface area contributed by atoms with E-state index >= 15 is 0 Å². The van der Waals surface area contributed by atoms with Gasteiger partial charge in [0.1, 0.15) is 0 Å². The third-order valence-electron chi connectivity index (χ3n) is 4.87. The predicted molar refractivity (Wildman–Crippen MR) is 94.0 cm³/mol. The molecule has 0 aromatic heterocycles. The molecule has 26 heavy (non-hydrogen) atoms. The molecular weight excluding hydrogens is 338 g/mol. The molecule has 1 N–H and O–H groups in total. The van der Waals surface area contributed by atoms with Crippen LogP contribution in [0.5, 0.6) is 11.5 Å². The Morgan fingerprint density at radius 1 is 1.08 bits per heavy atom. The second-order valence-corrected chi connectivity index (χ2v) is 6.47. The summed E-state index contributed by atoms with van der Waals surface area (Å²) in [6.45, 7) is 2.14. The molecule has 1 saturated carbocycles. The molecule has 1 aromatic carbocycles. The van der Waals surface area contributed by atoms with Gasteiger partial charge in [-0.05, 0) is 18.6 Å². The molecule has 1 aliphatic heterocycles. The van der Waals surface area contributed by atoms with Crippen molar-refractivity contribution < 1.29 is 23.9 Å². The standard InChI is InChI=1S/C18H23N3O5/c1-25-15-4-3-12(9-16(15)26-2)19-17(23)13-10-14(13)18(24)21-7-5-20(11-22)6-8-21/h3-4,9,11,13-14H,5-8,10H2,1-2H3,(H,19,23). The maximum absolute atomic E-state index is 12.5.